The number of carbonyl (C=O) groups excluding carboxylic acids is 1. The Morgan fingerprint density at radius 1 is 1.50 bits per heavy atom. The van der Waals surface area contributed by atoms with Gasteiger partial charge in [-0.1, -0.05) is 11.6 Å². The molecule has 2 N–H and O–H groups in total. The maximum Gasteiger partial charge on any atom is 0.324 e. The zero-order valence-electron chi connectivity index (χ0n) is 11.5. The highest BCUT2D eigenvalue weighted by Crippen LogP contribution is 2.52. The highest BCUT2D eigenvalue weighted by atomic mass is 35.5. The number of hydrogen-bond donors (Lipinski definition) is 2. The van der Waals surface area contributed by atoms with Gasteiger partial charge in [0.2, 0.25) is 0 Å². The van der Waals surface area contributed by atoms with Gasteiger partial charge in [-0.2, -0.15) is 5.10 Å². The number of carbonyl (C=O) groups is 1. The van der Waals surface area contributed by atoms with Gasteiger partial charge in [0.15, 0.2) is 5.82 Å². The Labute approximate surface area is 129 Å². The van der Waals surface area contributed by atoms with Crippen molar-refractivity contribution < 1.29 is 13.6 Å². The standard InChI is InChI=1S/C13H12ClF2N5O/c1-7-6-17-10(14)4-8(7)18-12(22)19-11-2-3-21(20-11)9-5-13(9,15)16/h2-4,6,9H,5H2,1H3,(H2,17,18,19,20,22). The Bertz CT molecular complexity index is 733. The van der Waals surface area contributed by atoms with Gasteiger partial charge in [0.1, 0.15) is 11.2 Å². The molecule has 1 atom stereocenters. The van der Waals surface area contributed by atoms with E-state index in [1.807, 2.05) is 0 Å². The van der Waals surface area contributed by atoms with E-state index in [0.29, 0.717) is 5.69 Å². The van der Waals surface area contributed by atoms with Crippen LogP contribution in [0.1, 0.15) is 18.0 Å². The lowest BCUT2D eigenvalue weighted by molar-refractivity contribution is 0.0984. The lowest BCUT2D eigenvalue weighted by atomic mass is 10.2. The van der Waals surface area contributed by atoms with Crippen LogP contribution in [0.2, 0.25) is 5.15 Å². The van der Waals surface area contributed by atoms with Crippen molar-refractivity contribution in [2.75, 3.05) is 10.6 Å². The summed E-state index contributed by atoms with van der Waals surface area (Å²) in [6, 6.07) is 1.51. The van der Waals surface area contributed by atoms with Gasteiger partial charge >= 0.3 is 6.03 Å². The summed E-state index contributed by atoms with van der Waals surface area (Å²) in [6.07, 6.45) is 2.71. The van der Waals surface area contributed by atoms with Gasteiger partial charge in [0.25, 0.3) is 5.92 Å². The molecular weight excluding hydrogens is 316 g/mol. The minimum Gasteiger partial charge on any atom is -0.307 e. The van der Waals surface area contributed by atoms with Crippen molar-refractivity contribution in [1.29, 1.82) is 0 Å². The molecule has 9 heteroatoms. The van der Waals surface area contributed by atoms with Crippen LogP contribution in [0.5, 0.6) is 0 Å². The van der Waals surface area contributed by atoms with Crippen LogP contribution < -0.4 is 10.6 Å². The number of amides is 2. The first-order valence-electron chi connectivity index (χ1n) is 6.48. The van der Waals surface area contributed by atoms with E-state index in [4.69, 9.17) is 11.6 Å². The summed E-state index contributed by atoms with van der Waals surface area (Å²) < 4.78 is 27.0. The third-order valence-electron chi connectivity index (χ3n) is 3.28. The maximum atomic E-state index is 12.9. The number of urea groups is 1. The van der Waals surface area contributed by atoms with E-state index in [1.54, 1.807) is 6.92 Å². The molecule has 3 rings (SSSR count). The molecule has 6 nitrogen and oxygen atoms in total. The van der Waals surface area contributed by atoms with Crippen molar-refractivity contribution in [1.82, 2.24) is 14.8 Å². The van der Waals surface area contributed by atoms with Gasteiger partial charge in [0, 0.05) is 30.6 Å². The second kappa shape index (κ2) is 5.20. The molecule has 0 radical (unpaired) electrons. The average Bonchev–Trinajstić information content (AvgIpc) is 2.85. The van der Waals surface area contributed by atoms with E-state index in [2.05, 4.69) is 20.7 Å². The highest BCUT2D eigenvalue weighted by molar-refractivity contribution is 6.29. The molecule has 2 heterocycles. The summed E-state index contributed by atoms with van der Waals surface area (Å²) >= 11 is 5.76. The number of pyridine rings is 1. The fraction of sp³-hybridized carbons (Fsp3) is 0.308. The van der Waals surface area contributed by atoms with Crippen molar-refractivity contribution in [2.45, 2.75) is 25.3 Å². The molecule has 1 aliphatic rings. The molecule has 2 aromatic rings. The second-order valence-corrected chi connectivity index (χ2v) is 5.45. The number of nitrogens with one attached hydrogen (secondary N) is 2. The summed E-state index contributed by atoms with van der Waals surface area (Å²) in [6.45, 7) is 1.77. The third-order valence-corrected chi connectivity index (χ3v) is 3.49. The second-order valence-electron chi connectivity index (χ2n) is 5.06. The number of anilines is 2. The normalized spacial score (nSPS) is 18.8. The first-order valence-corrected chi connectivity index (χ1v) is 6.86. The molecule has 116 valence electrons. The molecule has 0 aliphatic heterocycles. The predicted octanol–water partition coefficient (Wildman–Crippen LogP) is 3.46. The average molecular weight is 328 g/mol. The van der Waals surface area contributed by atoms with Crippen LogP contribution in [0.4, 0.5) is 25.1 Å². The first-order chi connectivity index (χ1) is 10.3. The molecule has 2 amide bonds. The lowest BCUT2D eigenvalue weighted by Crippen LogP contribution is -2.20. The van der Waals surface area contributed by atoms with Crippen LogP contribution in [-0.2, 0) is 0 Å². The zero-order valence-corrected chi connectivity index (χ0v) is 12.2. The van der Waals surface area contributed by atoms with Crippen LogP contribution in [0.3, 0.4) is 0 Å². The van der Waals surface area contributed by atoms with E-state index in [1.165, 1.54) is 24.5 Å². The van der Waals surface area contributed by atoms with Crippen LogP contribution in [0.25, 0.3) is 0 Å². The van der Waals surface area contributed by atoms with E-state index >= 15 is 0 Å². The number of aromatic nitrogens is 3. The fourth-order valence-corrected chi connectivity index (χ4v) is 2.12. The maximum absolute atomic E-state index is 12.9. The van der Waals surface area contributed by atoms with E-state index < -0.39 is 18.0 Å². The van der Waals surface area contributed by atoms with E-state index in [0.717, 1.165) is 10.2 Å². The van der Waals surface area contributed by atoms with Crippen molar-refractivity contribution in [3.63, 3.8) is 0 Å². The number of hydrogen-bond acceptors (Lipinski definition) is 3. The summed E-state index contributed by atoms with van der Waals surface area (Å²) in [5.41, 5.74) is 1.24. The summed E-state index contributed by atoms with van der Waals surface area (Å²) in [7, 11) is 0. The van der Waals surface area contributed by atoms with Crippen LogP contribution >= 0.6 is 11.6 Å². The third kappa shape index (κ3) is 3.01. The molecular formula is C13H12ClF2N5O. The van der Waals surface area contributed by atoms with Crippen molar-refractivity contribution in [3.8, 4) is 0 Å². The Kier molecular flexibility index (Phi) is 3.48. The van der Waals surface area contributed by atoms with Crippen LogP contribution in [0, 0.1) is 6.92 Å². The van der Waals surface area contributed by atoms with Gasteiger partial charge in [-0.3, -0.25) is 10.00 Å². The monoisotopic (exact) mass is 327 g/mol. The first kappa shape index (κ1) is 14.7. The number of aryl methyl sites for hydroxylation is 1. The van der Waals surface area contributed by atoms with Gasteiger partial charge in [-0.05, 0) is 18.6 Å². The minimum absolute atomic E-state index is 0.193. The number of rotatable bonds is 3. The van der Waals surface area contributed by atoms with E-state index in [-0.39, 0.29) is 17.4 Å². The lowest BCUT2D eigenvalue weighted by Gasteiger charge is -2.08. The van der Waals surface area contributed by atoms with Gasteiger partial charge < -0.3 is 5.32 Å². The van der Waals surface area contributed by atoms with Crippen molar-refractivity contribution >= 4 is 29.1 Å². The molecule has 1 aliphatic carbocycles. The van der Waals surface area contributed by atoms with E-state index in [9.17, 15) is 13.6 Å². The molecule has 0 aromatic carbocycles. The Morgan fingerprint density at radius 2 is 2.23 bits per heavy atom. The zero-order chi connectivity index (χ0) is 15.9. The molecule has 1 saturated carbocycles. The number of nitrogens with zero attached hydrogens (tertiary/aromatic N) is 3. The Balaban J connectivity index is 1.64. The molecule has 2 aromatic heterocycles. The molecule has 1 fully saturated rings. The fourth-order valence-electron chi connectivity index (χ4n) is 1.97. The summed E-state index contributed by atoms with van der Waals surface area (Å²) in [5, 5.41) is 9.24. The van der Waals surface area contributed by atoms with Crippen molar-refractivity contribution in [3.05, 3.63) is 35.2 Å². The van der Waals surface area contributed by atoms with Gasteiger partial charge in [-0.25, -0.2) is 18.6 Å². The minimum atomic E-state index is -2.71. The molecule has 0 saturated heterocycles. The largest absolute Gasteiger partial charge is 0.324 e. The predicted molar refractivity (Wildman–Crippen MR) is 77.5 cm³/mol. The van der Waals surface area contributed by atoms with Gasteiger partial charge in [-0.15, -0.1) is 0 Å². The highest BCUT2D eigenvalue weighted by Gasteiger charge is 2.59. The molecule has 0 spiro atoms. The molecule has 0 bridgehead atoms. The topological polar surface area (TPSA) is 71.8 Å². The molecule has 1 unspecified atom stereocenters. The SMILES string of the molecule is Cc1cnc(Cl)cc1NC(=O)Nc1ccn(C2CC2(F)F)n1. The van der Waals surface area contributed by atoms with Gasteiger partial charge in [0.05, 0.1) is 0 Å². The Morgan fingerprint density at radius 3 is 2.91 bits per heavy atom. The number of alkyl halides is 2. The smallest absolute Gasteiger partial charge is 0.307 e. The van der Waals surface area contributed by atoms with Crippen LogP contribution in [0.15, 0.2) is 24.5 Å². The quantitative estimate of drug-likeness (QED) is 0.848. The summed E-state index contributed by atoms with van der Waals surface area (Å²) in [4.78, 5) is 15.8. The number of halogens is 3. The van der Waals surface area contributed by atoms with Crippen molar-refractivity contribution in [2.24, 2.45) is 0 Å². The Hall–Kier alpha value is -2.22. The molecule has 22 heavy (non-hydrogen) atoms. The summed E-state index contributed by atoms with van der Waals surface area (Å²) in [5.74, 6) is -2.52. The van der Waals surface area contributed by atoms with Crippen LogP contribution in [-0.4, -0.2) is 26.7 Å².